The van der Waals surface area contributed by atoms with Crippen molar-refractivity contribution in [3.63, 3.8) is 0 Å². The fourth-order valence-electron chi connectivity index (χ4n) is 3.83. The van der Waals surface area contributed by atoms with Gasteiger partial charge in [0.05, 0.1) is 0 Å². The van der Waals surface area contributed by atoms with Gasteiger partial charge in [0, 0.05) is 0 Å². The average Bonchev–Trinajstić information content (AvgIpc) is 2.94. The van der Waals surface area contributed by atoms with Crippen LogP contribution in [-0.4, -0.2) is 0 Å². The number of hydrogen-bond acceptors (Lipinski definition) is 0. The van der Waals surface area contributed by atoms with Crippen molar-refractivity contribution in [1.29, 1.82) is 0 Å². The van der Waals surface area contributed by atoms with Crippen LogP contribution in [0.4, 0.5) is 0 Å². The van der Waals surface area contributed by atoms with Crippen molar-refractivity contribution in [2.75, 3.05) is 0 Å². The Morgan fingerprint density at radius 1 is 0.833 bits per heavy atom. The van der Waals surface area contributed by atoms with Crippen molar-refractivity contribution < 1.29 is 0 Å². The molecule has 0 N–H and O–H groups in total. The first-order chi connectivity index (χ1) is 8.84. The van der Waals surface area contributed by atoms with Crippen molar-refractivity contribution in [2.24, 2.45) is 0 Å². The molecule has 0 atom stereocenters. The van der Waals surface area contributed by atoms with Gasteiger partial charge in [0.15, 0.2) is 0 Å². The van der Waals surface area contributed by atoms with E-state index in [0.29, 0.717) is 0 Å². The Hall–Kier alpha value is -1.04. The fourth-order valence-corrected chi connectivity index (χ4v) is 3.83. The first-order valence-corrected chi connectivity index (χ1v) is 7.60. The second-order valence-corrected chi connectivity index (χ2v) is 6.05. The molecule has 2 aliphatic rings. The SMILES string of the molecule is Cc1ccccc1C1CCC(=C2CCCC2)CC1. The molecule has 2 fully saturated rings. The third kappa shape index (κ3) is 2.39. The molecule has 0 unspecified atom stereocenters. The van der Waals surface area contributed by atoms with E-state index < -0.39 is 0 Å². The zero-order valence-electron chi connectivity index (χ0n) is 11.5. The molecule has 3 rings (SSSR count). The summed E-state index contributed by atoms with van der Waals surface area (Å²) in [5.41, 5.74) is 6.75. The van der Waals surface area contributed by atoms with Gasteiger partial charge < -0.3 is 0 Å². The minimum atomic E-state index is 0.817. The molecule has 0 aliphatic heterocycles. The number of hydrogen-bond donors (Lipinski definition) is 0. The predicted molar refractivity (Wildman–Crippen MR) is 77.9 cm³/mol. The Morgan fingerprint density at radius 2 is 1.44 bits per heavy atom. The number of benzene rings is 1. The lowest BCUT2D eigenvalue weighted by molar-refractivity contribution is 0.509. The summed E-state index contributed by atoms with van der Waals surface area (Å²) in [5.74, 6) is 0.817. The van der Waals surface area contributed by atoms with Crippen LogP contribution in [0.1, 0.15) is 68.4 Å². The first kappa shape index (κ1) is 12.0. The van der Waals surface area contributed by atoms with Gasteiger partial charge in [-0.25, -0.2) is 0 Å². The summed E-state index contributed by atoms with van der Waals surface area (Å²) in [6.45, 7) is 2.26. The van der Waals surface area contributed by atoms with Crippen molar-refractivity contribution in [3.8, 4) is 0 Å². The van der Waals surface area contributed by atoms with E-state index in [1.165, 1.54) is 56.9 Å². The minimum Gasteiger partial charge on any atom is -0.0710 e. The average molecular weight is 240 g/mol. The molecule has 0 bridgehead atoms. The summed E-state index contributed by atoms with van der Waals surface area (Å²) < 4.78 is 0. The van der Waals surface area contributed by atoms with E-state index in [-0.39, 0.29) is 0 Å². The molecule has 0 heteroatoms. The molecular formula is C18H24. The molecule has 1 aromatic carbocycles. The second kappa shape index (κ2) is 5.30. The lowest BCUT2D eigenvalue weighted by Gasteiger charge is -2.27. The zero-order valence-corrected chi connectivity index (χ0v) is 11.5. The van der Waals surface area contributed by atoms with Crippen LogP contribution in [-0.2, 0) is 0 Å². The van der Waals surface area contributed by atoms with E-state index >= 15 is 0 Å². The monoisotopic (exact) mass is 240 g/mol. The normalized spacial score (nSPS) is 24.6. The van der Waals surface area contributed by atoms with Gasteiger partial charge in [0.1, 0.15) is 0 Å². The van der Waals surface area contributed by atoms with E-state index in [1.54, 1.807) is 5.56 Å². The summed E-state index contributed by atoms with van der Waals surface area (Å²) in [6, 6.07) is 8.97. The quantitative estimate of drug-likeness (QED) is 0.567. The molecule has 1 aromatic rings. The van der Waals surface area contributed by atoms with E-state index in [4.69, 9.17) is 0 Å². The van der Waals surface area contributed by atoms with Crippen molar-refractivity contribution in [1.82, 2.24) is 0 Å². The van der Waals surface area contributed by atoms with Crippen molar-refractivity contribution in [2.45, 2.75) is 64.2 Å². The van der Waals surface area contributed by atoms with Crippen LogP contribution in [0.5, 0.6) is 0 Å². The maximum atomic E-state index is 2.34. The van der Waals surface area contributed by atoms with Crippen molar-refractivity contribution in [3.05, 3.63) is 46.5 Å². The first-order valence-electron chi connectivity index (χ1n) is 7.60. The van der Waals surface area contributed by atoms with Gasteiger partial charge in [-0.3, -0.25) is 0 Å². The molecule has 0 spiro atoms. The molecule has 0 amide bonds. The fraction of sp³-hybridized carbons (Fsp3) is 0.556. The van der Waals surface area contributed by atoms with Gasteiger partial charge in [-0.15, -0.1) is 0 Å². The Balaban J connectivity index is 1.70. The maximum Gasteiger partial charge on any atom is -0.0153 e. The van der Waals surface area contributed by atoms with E-state index in [2.05, 4.69) is 31.2 Å². The molecule has 2 aliphatic carbocycles. The van der Waals surface area contributed by atoms with Crippen LogP contribution >= 0.6 is 0 Å². The Kier molecular flexibility index (Phi) is 3.54. The molecule has 2 saturated carbocycles. The lowest BCUT2D eigenvalue weighted by Crippen LogP contribution is -2.09. The maximum absolute atomic E-state index is 2.34. The Bertz CT molecular complexity index is 435. The second-order valence-electron chi connectivity index (χ2n) is 6.05. The summed E-state index contributed by atoms with van der Waals surface area (Å²) >= 11 is 0. The van der Waals surface area contributed by atoms with Crippen LogP contribution < -0.4 is 0 Å². The van der Waals surface area contributed by atoms with Gasteiger partial charge in [-0.2, -0.15) is 0 Å². The summed E-state index contributed by atoms with van der Waals surface area (Å²) in [7, 11) is 0. The van der Waals surface area contributed by atoms with Crippen LogP contribution in [0.15, 0.2) is 35.4 Å². The largest absolute Gasteiger partial charge is 0.0710 e. The van der Waals surface area contributed by atoms with Gasteiger partial charge in [0.25, 0.3) is 0 Å². The van der Waals surface area contributed by atoms with E-state index in [9.17, 15) is 0 Å². The minimum absolute atomic E-state index is 0.817. The molecule has 0 heterocycles. The molecule has 96 valence electrons. The third-order valence-corrected chi connectivity index (χ3v) is 4.92. The number of rotatable bonds is 1. The van der Waals surface area contributed by atoms with Gasteiger partial charge in [0.2, 0.25) is 0 Å². The van der Waals surface area contributed by atoms with Crippen LogP contribution in [0.3, 0.4) is 0 Å². The lowest BCUT2D eigenvalue weighted by atomic mass is 9.79. The standard InChI is InChI=1S/C18H24/c1-14-6-2-5-9-18(14)17-12-10-16(11-13-17)15-7-3-4-8-15/h2,5-6,9,17H,3-4,7-8,10-13H2,1H3. The number of allylic oxidation sites excluding steroid dienone is 2. The molecular weight excluding hydrogens is 216 g/mol. The molecule has 0 nitrogen and oxygen atoms in total. The summed E-state index contributed by atoms with van der Waals surface area (Å²) in [5, 5.41) is 0. The molecule has 18 heavy (non-hydrogen) atoms. The topological polar surface area (TPSA) is 0 Å². The molecule has 0 aromatic heterocycles. The highest BCUT2D eigenvalue weighted by atomic mass is 14.3. The highest BCUT2D eigenvalue weighted by Gasteiger charge is 2.22. The highest BCUT2D eigenvalue weighted by Crippen LogP contribution is 2.40. The smallest absolute Gasteiger partial charge is 0.0153 e. The summed E-state index contributed by atoms with van der Waals surface area (Å²) in [4.78, 5) is 0. The van der Waals surface area contributed by atoms with Crippen LogP contribution in [0.25, 0.3) is 0 Å². The van der Waals surface area contributed by atoms with Crippen LogP contribution in [0.2, 0.25) is 0 Å². The third-order valence-electron chi connectivity index (χ3n) is 4.92. The molecule has 0 radical (unpaired) electrons. The number of aryl methyl sites for hydroxylation is 1. The van der Waals surface area contributed by atoms with Crippen LogP contribution in [0, 0.1) is 6.92 Å². The van der Waals surface area contributed by atoms with Gasteiger partial charge >= 0.3 is 0 Å². The van der Waals surface area contributed by atoms with E-state index in [0.717, 1.165) is 5.92 Å². The van der Waals surface area contributed by atoms with Gasteiger partial charge in [-0.05, 0) is 75.3 Å². The summed E-state index contributed by atoms with van der Waals surface area (Å²) in [6.07, 6.45) is 11.2. The van der Waals surface area contributed by atoms with Crippen molar-refractivity contribution >= 4 is 0 Å². The Labute approximate surface area is 111 Å². The van der Waals surface area contributed by atoms with Gasteiger partial charge in [-0.1, -0.05) is 35.4 Å². The zero-order chi connectivity index (χ0) is 12.4. The molecule has 0 saturated heterocycles. The Morgan fingerprint density at radius 3 is 2.11 bits per heavy atom. The van der Waals surface area contributed by atoms with E-state index in [1.807, 2.05) is 11.1 Å². The highest BCUT2D eigenvalue weighted by molar-refractivity contribution is 5.31. The predicted octanol–water partition coefficient (Wildman–Crippen LogP) is 5.52.